The number of carbonyl (C=O) groups excluding carboxylic acids is 1. The molecule has 0 radical (unpaired) electrons. The molecule has 0 aliphatic carbocycles. The Bertz CT molecular complexity index is 259. The third kappa shape index (κ3) is 15.3. The van der Waals surface area contributed by atoms with Gasteiger partial charge in [0.15, 0.2) is 0 Å². The van der Waals surface area contributed by atoms with E-state index in [4.69, 9.17) is 9.79 Å². The molecule has 0 spiro atoms. The minimum Gasteiger partial charge on any atom is -1.00 e. The molecule has 0 unspecified atom stereocenters. The maximum Gasteiger partial charge on any atom is 1.00 e. The van der Waals surface area contributed by atoms with Crippen molar-refractivity contribution < 1.29 is 90.4 Å². The van der Waals surface area contributed by atoms with E-state index in [-0.39, 0.29) is 80.8 Å². The van der Waals surface area contributed by atoms with Crippen molar-refractivity contribution in [1.29, 1.82) is 0 Å². The van der Waals surface area contributed by atoms with Gasteiger partial charge in [-0.25, -0.2) is 9.36 Å². The Hall–Kier alpha value is 1.32. The summed E-state index contributed by atoms with van der Waals surface area (Å²) < 4.78 is 18.6. The first-order valence-electron chi connectivity index (χ1n) is 3.35. The molecule has 15 heavy (non-hydrogen) atoms. The molecule has 0 aromatic carbocycles. The van der Waals surface area contributed by atoms with Crippen LogP contribution in [0, 0.1) is 0 Å². The molecule has 0 heterocycles. The van der Waals surface area contributed by atoms with Crippen molar-refractivity contribution in [2.75, 3.05) is 13.2 Å². The zero-order chi connectivity index (χ0) is 10.5. The number of hydrogen-bond donors (Lipinski definition) is 2. The predicted octanol–water partition coefficient (Wildman–Crippen LogP) is -5.55. The van der Waals surface area contributed by atoms with Crippen molar-refractivity contribution >= 4 is 13.8 Å². The van der Waals surface area contributed by atoms with Crippen molar-refractivity contribution in [3.8, 4) is 0 Å². The van der Waals surface area contributed by atoms with E-state index in [0.29, 0.717) is 0 Å². The van der Waals surface area contributed by atoms with Gasteiger partial charge in [-0.05, 0) is 6.92 Å². The molecule has 2 N–H and O–H groups in total. The minimum absolute atomic E-state index is 0. The van der Waals surface area contributed by atoms with E-state index in [1.807, 2.05) is 0 Å². The number of hydrogen-bond acceptors (Lipinski definition) is 4. The molecule has 6 nitrogen and oxygen atoms in total. The van der Waals surface area contributed by atoms with Crippen LogP contribution in [0.25, 0.3) is 0 Å². The molecule has 9 heteroatoms. The van der Waals surface area contributed by atoms with E-state index in [2.05, 4.69) is 15.8 Å². The molecule has 0 amide bonds. The summed E-state index contributed by atoms with van der Waals surface area (Å²) >= 11 is 0. The number of phosphoric acid groups is 1. The average Bonchev–Trinajstić information content (AvgIpc) is 1.95. The Morgan fingerprint density at radius 1 is 1.40 bits per heavy atom. The van der Waals surface area contributed by atoms with Gasteiger partial charge in [-0.15, -0.1) is 0 Å². The van der Waals surface area contributed by atoms with E-state index >= 15 is 0 Å². The molecule has 0 aromatic rings. The zero-order valence-electron chi connectivity index (χ0n) is 11.1. The molecule has 0 rings (SSSR count). The number of rotatable bonds is 5. The van der Waals surface area contributed by atoms with Gasteiger partial charge in [0.05, 0.1) is 6.61 Å². The fraction of sp³-hybridized carbons (Fsp3) is 0.500. The van der Waals surface area contributed by atoms with Crippen molar-refractivity contribution in [2.24, 2.45) is 0 Å². The third-order valence-corrected chi connectivity index (χ3v) is 1.44. The topological polar surface area (TPSA) is 93.1 Å². The van der Waals surface area contributed by atoms with E-state index in [0.717, 1.165) is 0 Å². The fourth-order valence-corrected chi connectivity index (χ4v) is 0.726. The van der Waals surface area contributed by atoms with Crippen LogP contribution in [0.2, 0.25) is 0 Å². The molecule has 80 valence electrons. The smallest absolute Gasteiger partial charge is 1.00 e. The standard InChI is InChI=1S/C6H11O6P.2Na.2H/c1-5(2)6(7)11-3-4-12-13(8,9)10;;;;/h1,3-4H2,2H3,(H2,8,9,10);;;;/q;2*+1;2*-1. The van der Waals surface area contributed by atoms with Crippen LogP contribution in [0.1, 0.15) is 9.78 Å². The number of esters is 1. The van der Waals surface area contributed by atoms with Gasteiger partial charge < -0.3 is 17.4 Å². The van der Waals surface area contributed by atoms with Gasteiger partial charge in [0.1, 0.15) is 6.61 Å². The maximum absolute atomic E-state index is 10.7. The maximum atomic E-state index is 10.7. The number of ether oxygens (including phenoxy) is 1. The van der Waals surface area contributed by atoms with Crippen LogP contribution in [0.5, 0.6) is 0 Å². The quantitative estimate of drug-likeness (QED) is 0.168. The number of carbonyl (C=O) groups is 1. The first-order valence-corrected chi connectivity index (χ1v) is 4.88. The second-order valence-corrected chi connectivity index (χ2v) is 3.48. The van der Waals surface area contributed by atoms with Gasteiger partial charge in [-0.3, -0.25) is 4.52 Å². The molecule has 0 saturated carbocycles. The summed E-state index contributed by atoms with van der Waals surface area (Å²) in [5.74, 6) is -0.616. The van der Waals surface area contributed by atoms with Gasteiger partial charge in [0.25, 0.3) is 0 Å². The molecular weight excluding hydrogens is 245 g/mol. The van der Waals surface area contributed by atoms with Crippen molar-refractivity contribution in [1.82, 2.24) is 0 Å². The Morgan fingerprint density at radius 3 is 2.20 bits per heavy atom. The molecule has 0 atom stereocenters. The Morgan fingerprint density at radius 2 is 1.87 bits per heavy atom. The summed E-state index contributed by atoms with van der Waals surface area (Å²) in [4.78, 5) is 27.1. The molecule has 0 aliphatic rings. The SMILES string of the molecule is C=C(C)C(=O)OCCOP(=O)(O)O.[H-].[H-].[Na+].[Na+]. The van der Waals surface area contributed by atoms with Gasteiger partial charge in [0, 0.05) is 5.57 Å². The summed E-state index contributed by atoms with van der Waals surface area (Å²) in [7, 11) is -4.46. The van der Waals surface area contributed by atoms with Crippen LogP contribution < -0.4 is 59.1 Å². The Kier molecular flexibility index (Phi) is 15.1. The van der Waals surface area contributed by atoms with Crippen molar-refractivity contribution in [3.63, 3.8) is 0 Å². The summed E-state index contributed by atoms with van der Waals surface area (Å²) in [6, 6.07) is 0. The Labute approximate surface area is 135 Å². The van der Waals surface area contributed by atoms with Crippen LogP contribution in [0.3, 0.4) is 0 Å². The second-order valence-electron chi connectivity index (χ2n) is 2.24. The van der Waals surface area contributed by atoms with Crippen LogP contribution in [-0.4, -0.2) is 29.0 Å². The summed E-state index contributed by atoms with van der Waals surface area (Å²) in [5, 5.41) is 0. The normalized spacial score (nSPS) is 9.53. The van der Waals surface area contributed by atoms with E-state index in [1.165, 1.54) is 6.92 Å². The first kappa shape index (κ1) is 21.6. The monoisotopic (exact) mass is 258 g/mol. The fourth-order valence-electron chi connectivity index (χ4n) is 0.414. The van der Waals surface area contributed by atoms with E-state index < -0.39 is 13.8 Å². The minimum atomic E-state index is -4.46. The molecule has 0 aliphatic heterocycles. The van der Waals surface area contributed by atoms with Gasteiger partial charge in [-0.2, -0.15) is 0 Å². The van der Waals surface area contributed by atoms with Crippen LogP contribution in [-0.2, 0) is 18.6 Å². The van der Waals surface area contributed by atoms with Crippen molar-refractivity contribution in [2.45, 2.75) is 6.92 Å². The summed E-state index contributed by atoms with van der Waals surface area (Å²) in [6.07, 6.45) is 0. The van der Waals surface area contributed by atoms with Crippen LogP contribution >= 0.6 is 7.82 Å². The molecule has 0 aromatic heterocycles. The third-order valence-electron chi connectivity index (χ3n) is 0.924. The van der Waals surface area contributed by atoms with Crippen molar-refractivity contribution in [3.05, 3.63) is 12.2 Å². The zero-order valence-corrected chi connectivity index (χ0v) is 14.0. The van der Waals surface area contributed by atoms with Gasteiger partial charge in [-0.1, -0.05) is 6.58 Å². The van der Waals surface area contributed by atoms with E-state index in [1.54, 1.807) is 0 Å². The number of phosphoric ester groups is 1. The van der Waals surface area contributed by atoms with Gasteiger partial charge in [0.2, 0.25) is 0 Å². The largest absolute Gasteiger partial charge is 1.00 e. The Balaban J connectivity index is -0.000000120. The summed E-state index contributed by atoms with van der Waals surface area (Å²) in [5.41, 5.74) is 0.219. The summed E-state index contributed by atoms with van der Waals surface area (Å²) in [6.45, 7) is 4.22. The molecule has 0 fully saturated rings. The molecular formula is C6H13Na2O6P. The first-order chi connectivity index (χ1) is 5.83. The molecule has 0 bridgehead atoms. The predicted molar refractivity (Wildman–Crippen MR) is 46.0 cm³/mol. The van der Waals surface area contributed by atoms with Crippen LogP contribution in [0.4, 0.5) is 0 Å². The van der Waals surface area contributed by atoms with Crippen LogP contribution in [0.15, 0.2) is 12.2 Å². The average molecular weight is 258 g/mol. The second kappa shape index (κ2) is 10.5. The van der Waals surface area contributed by atoms with E-state index in [9.17, 15) is 9.36 Å². The van der Waals surface area contributed by atoms with Gasteiger partial charge >= 0.3 is 72.9 Å². The molecule has 0 saturated heterocycles.